The quantitative estimate of drug-likeness (QED) is 0.653. The van der Waals surface area contributed by atoms with Gasteiger partial charge in [-0.2, -0.15) is 0 Å². The van der Waals surface area contributed by atoms with E-state index in [9.17, 15) is 5.11 Å². The number of benzene rings is 1. The smallest absolute Gasteiger partial charge is 0.116 e. The molecule has 0 amide bonds. The van der Waals surface area contributed by atoms with Gasteiger partial charge in [0.15, 0.2) is 0 Å². The molecule has 0 aliphatic carbocycles. The van der Waals surface area contributed by atoms with Crippen LogP contribution >= 0.6 is 0 Å². The number of hydrogen-bond acceptors (Lipinski definition) is 3. The molecular formula is C10H15NO2. The Balaban J connectivity index is 2.87. The molecule has 4 N–H and O–H groups in total. The molecule has 0 spiro atoms. The Morgan fingerprint density at radius 2 is 2.08 bits per heavy atom. The van der Waals surface area contributed by atoms with Gasteiger partial charge < -0.3 is 15.9 Å². The molecule has 0 aliphatic rings. The van der Waals surface area contributed by atoms with Gasteiger partial charge in [0.05, 0.1) is 0 Å². The van der Waals surface area contributed by atoms with Crippen LogP contribution in [0.15, 0.2) is 18.2 Å². The van der Waals surface area contributed by atoms with Crippen molar-refractivity contribution < 1.29 is 10.2 Å². The number of aryl methyl sites for hydroxylation is 1. The zero-order valence-corrected chi connectivity index (χ0v) is 7.70. The molecule has 0 saturated heterocycles. The van der Waals surface area contributed by atoms with Gasteiger partial charge in [0, 0.05) is 12.6 Å². The van der Waals surface area contributed by atoms with Crippen LogP contribution in [0.3, 0.4) is 0 Å². The minimum atomic E-state index is -0.198. The SMILES string of the molecule is Cc1cc(O)cc(C(N)CCO)c1. The fourth-order valence-corrected chi connectivity index (χ4v) is 1.31. The number of rotatable bonds is 3. The molecule has 3 heteroatoms. The van der Waals surface area contributed by atoms with E-state index in [0.29, 0.717) is 6.42 Å². The van der Waals surface area contributed by atoms with E-state index in [1.54, 1.807) is 12.1 Å². The maximum atomic E-state index is 9.29. The van der Waals surface area contributed by atoms with Gasteiger partial charge >= 0.3 is 0 Å². The van der Waals surface area contributed by atoms with Gasteiger partial charge in [0.25, 0.3) is 0 Å². The summed E-state index contributed by atoms with van der Waals surface area (Å²) >= 11 is 0. The summed E-state index contributed by atoms with van der Waals surface area (Å²) in [5, 5.41) is 18.0. The third-order valence-electron chi connectivity index (χ3n) is 1.95. The Bertz CT molecular complexity index is 266. The first-order chi connectivity index (χ1) is 6.13. The van der Waals surface area contributed by atoms with Crippen molar-refractivity contribution in [2.75, 3.05) is 6.61 Å². The van der Waals surface area contributed by atoms with Crippen LogP contribution in [0.1, 0.15) is 23.6 Å². The molecule has 0 heterocycles. The summed E-state index contributed by atoms with van der Waals surface area (Å²) < 4.78 is 0. The van der Waals surface area contributed by atoms with Crippen LogP contribution < -0.4 is 5.73 Å². The predicted molar refractivity (Wildman–Crippen MR) is 51.5 cm³/mol. The van der Waals surface area contributed by atoms with Gasteiger partial charge in [-0.05, 0) is 36.6 Å². The Hall–Kier alpha value is -1.06. The third kappa shape index (κ3) is 2.72. The summed E-state index contributed by atoms with van der Waals surface area (Å²) in [6.45, 7) is 1.96. The van der Waals surface area contributed by atoms with E-state index in [0.717, 1.165) is 11.1 Å². The van der Waals surface area contributed by atoms with Crippen molar-refractivity contribution in [3.63, 3.8) is 0 Å². The lowest BCUT2D eigenvalue weighted by Gasteiger charge is -2.11. The standard InChI is InChI=1S/C10H15NO2/c1-7-4-8(6-9(13)5-7)10(11)2-3-12/h4-6,10,12-13H,2-3,11H2,1H3. The topological polar surface area (TPSA) is 66.5 Å². The minimum absolute atomic E-state index is 0.0653. The van der Waals surface area contributed by atoms with E-state index in [2.05, 4.69) is 0 Å². The Morgan fingerprint density at radius 3 is 2.62 bits per heavy atom. The fraction of sp³-hybridized carbons (Fsp3) is 0.400. The average molecular weight is 181 g/mol. The molecule has 0 radical (unpaired) electrons. The molecule has 1 aromatic rings. The maximum absolute atomic E-state index is 9.29. The number of aliphatic hydroxyl groups excluding tert-OH is 1. The summed E-state index contributed by atoms with van der Waals surface area (Å²) in [5.74, 6) is 0.225. The van der Waals surface area contributed by atoms with Crippen molar-refractivity contribution in [3.8, 4) is 5.75 Å². The highest BCUT2D eigenvalue weighted by atomic mass is 16.3. The molecule has 0 bridgehead atoms. The van der Waals surface area contributed by atoms with Gasteiger partial charge in [0.1, 0.15) is 5.75 Å². The lowest BCUT2D eigenvalue weighted by atomic mass is 10.0. The van der Waals surface area contributed by atoms with Crippen LogP contribution in [0, 0.1) is 6.92 Å². The van der Waals surface area contributed by atoms with Gasteiger partial charge in [-0.1, -0.05) is 6.07 Å². The number of nitrogens with two attached hydrogens (primary N) is 1. The lowest BCUT2D eigenvalue weighted by molar-refractivity contribution is 0.276. The summed E-state index contributed by atoms with van der Waals surface area (Å²) in [7, 11) is 0. The monoisotopic (exact) mass is 181 g/mol. The van der Waals surface area contributed by atoms with E-state index in [-0.39, 0.29) is 18.4 Å². The summed E-state index contributed by atoms with van der Waals surface area (Å²) in [6, 6.07) is 5.03. The van der Waals surface area contributed by atoms with Gasteiger partial charge in [-0.3, -0.25) is 0 Å². The number of phenols is 1. The van der Waals surface area contributed by atoms with E-state index >= 15 is 0 Å². The Morgan fingerprint density at radius 1 is 1.38 bits per heavy atom. The van der Waals surface area contributed by atoms with E-state index < -0.39 is 0 Å². The normalized spacial score (nSPS) is 12.8. The van der Waals surface area contributed by atoms with E-state index in [1.807, 2.05) is 13.0 Å². The molecular weight excluding hydrogens is 166 g/mol. The molecule has 1 rings (SSSR count). The maximum Gasteiger partial charge on any atom is 0.116 e. The van der Waals surface area contributed by atoms with Gasteiger partial charge in [-0.25, -0.2) is 0 Å². The number of aliphatic hydroxyl groups is 1. The van der Waals surface area contributed by atoms with Crippen molar-refractivity contribution in [1.82, 2.24) is 0 Å². The van der Waals surface area contributed by atoms with Crippen LogP contribution in [0.5, 0.6) is 5.75 Å². The largest absolute Gasteiger partial charge is 0.508 e. The molecule has 0 aliphatic heterocycles. The Labute approximate surface area is 77.8 Å². The van der Waals surface area contributed by atoms with Gasteiger partial charge in [0.2, 0.25) is 0 Å². The average Bonchev–Trinajstić information content (AvgIpc) is 2.03. The zero-order valence-electron chi connectivity index (χ0n) is 7.70. The molecule has 1 atom stereocenters. The molecule has 0 fully saturated rings. The first-order valence-electron chi connectivity index (χ1n) is 4.30. The second-order valence-corrected chi connectivity index (χ2v) is 3.22. The fourth-order valence-electron chi connectivity index (χ4n) is 1.31. The van der Waals surface area contributed by atoms with Crippen molar-refractivity contribution in [1.29, 1.82) is 0 Å². The van der Waals surface area contributed by atoms with Crippen LogP contribution in [0.2, 0.25) is 0 Å². The first kappa shape index (κ1) is 10.0. The number of hydrogen-bond donors (Lipinski definition) is 3. The van der Waals surface area contributed by atoms with Crippen LogP contribution in [0.4, 0.5) is 0 Å². The predicted octanol–water partition coefficient (Wildman–Crippen LogP) is 1.08. The number of aromatic hydroxyl groups is 1. The summed E-state index contributed by atoms with van der Waals surface area (Å²) in [6.07, 6.45) is 0.517. The molecule has 0 saturated carbocycles. The van der Waals surface area contributed by atoms with Crippen molar-refractivity contribution in [2.45, 2.75) is 19.4 Å². The molecule has 13 heavy (non-hydrogen) atoms. The molecule has 0 aromatic heterocycles. The summed E-state index contributed by atoms with van der Waals surface area (Å²) in [5.41, 5.74) is 7.61. The van der Waals surface area contributed by atoms with Crippen molar-refractivity contribution in [2.24, 2.45) is 5.73 Å². The second kappa shape index (κ2) is 4.25. The molecule has 1 aromatic carbocycles. The van der Waals surface area contributed by atoms with E-state index in [1.165, 1.54) is 0 Å². The highest BCUT2D eigenvalue weighted by molar-refractivity contribution is 5.34. The number of phenolic OH excluding ortho intramolecular Hbond substituents is 1. The van der Waals surface area contributed by atoms with Crippen molar-refractivity contribution in [3.05, 3.63) is 29.3 Å². The van der Waals surface area contributed by atoms with Crippen molar-refractivity contribution >= 4 is 0 Å². The first-order valence-corrected chi connectivity index (χ1v) is 4.30. The van der Waals surface area contributed by atoms with Crippen LogP contribution in [0.25, 0.3) is 0 Å². The lowest BCUT2D eigenvalue weighted by Crippen LogP contribution is -2.11. The molecule has 1 unspecified atom stereocenters. The van der Waals surface area contributed by atoms with E-state index in [4.69, 9.17) is 10.8 Å². The van der Waals surface area contributed by atoms with Crippen LogP contribution in [-0.4, -0.2) is 16.8 Å². The summed E-state index contributed by atoms with van der Waals surface area (Å²) in [4.78, 5) is 0. The minimum Gasteiger partial charge on any atom is -0.508 e. The third-order valence-corrected chi connectivity index (χ3v) is 1.95. The highest BCUT2D eigenvalue weighted by Gasteiger charge is 2.06. The molecule has 3 nitrogen and oxygen atoms in total. The molecule has 72 valence electrons. The van der Waals surface area contributed by atoms with Gasteiger partial charge in [-0.15, -0.1) is 0 Å². The second-order valence-electron chi connectivity index (χ2n) is 3.22. The van der Waals surface area contributed by atoms with Crippen LogP contribution in [-0.2, 0) is 0 Å². The zero-order chi connectivity index (χ0) is 9.84. The Kier molecular flexibility index (Phi) is 3.28. The highest BCUT2D eigenvalue weighted by Crippen LogP contribution is 2.20.